The summed E-state index contributed by atoms with van der Waals surface area (Å²) in [4.78, 5) is 11.4. The van der Waals surface area contributed by atoms with E-state index in [1.54, 1.807) is 0 Å². The van der Waals surface area contributed by atoms with Crippen LogP contribution in [0.4, 0.5) is 0 Å². The highest BCUT2D eigenvalue weighted by molar-refractivity contribution is 5.77. The number of morpholine rings is 1. The quantitative estimate of drug-likeness (QED) is 0.705. The van der Waals surface area contributed by atoms with E-state index in [-0.39, 0.29) is 30.8 Å². The molecule has 5 heteroatoms. The maximum absolute atomic E-state index is 11.4. The van der Waals surface area contributed by atoms with Gasteiger partial charge in [0.15, 0.2) is 0 Å². The van der Waals surface area contributed by atoms with E-state index in [0.717, 1.165) is 19.5 Å². The van der Waals surface area contributed by atoms with Crippen molar-refractivity contribution in [2.24, 2.45) is 0 Å². The Labute approximate surface area is 103 Å². The first kappa shape index (κ1) is 14.4. The number of rotatable bonds is 6. The lowest BCUT2D eigenvalue weighted by atomic mass is 10.2. The molecule has 1 aliphatic rings. The lowest BCUT2D eigenvalue weighted by Crippen LogP contribution is -2.45. The molecule has 2 N–H and O–H groups in total. The van der Waals surface area contributed by atoms with Crippen molar-refractivity contribution in [3.63, 3.8) is 0 Å². The summed E-state index contributed by atoms with van der Waals surface area (Å²) in [6.07, 6.45) is 1.19. The van der Waals surface area contributed by atoms with Crippen molar-refractivity contribution in [3.05, 3.63) is 0 Å². The molecule has 1 heterocycles. The van der Waals surface area contributed by atoms with Gasteiger partial charge in [0.2, 0.25) is 5.91 Å². The molecule has 17 heavy (non-hydrogen) atoms. The highest BCUT2D eigenvalue weighted by Gasteiger charge is 2.19. The van der Waals surface area contributed by atoms with Gasteiger partial charge in [-0.2, -0.15) is 0 Å². The van der Waals surface area contributed by atoms with Gasteiger partial charge < -0.3 is 20.1 Å². The van der Waals surface area contributed by atoms with Crippen LogP contribution in [0.2, 0.25) is 0 Å². The minimum Gasteiger partial charge on any atom is -0.370 e. The Bertz CT molecular complexity index is 236. The minimum atomic E-state index is -0.0591. The molecule has 0 spiro atoms. The van der Waals surface area contributed by atoms with E-state index in [4.69, 9.17) is 9.47 Å². The van der Waals surface area contributed by atoms with E-state index in [9.17, 15) is 4.79 Å². The molecule has 0 aliphatic carbocycles. The summed E-state index contributed by atoms with van der Waals surface area (Å²) >= 11 is 0. The molecule has 1 saturated heterocycles. The normalized spacial score (nSPS) is 26.5. The first-order chi connectivity index (χ1) is 8.11. The third-order valence-corrected chi connectivity index (χ3v) is 2.79. The smallest absolute Gasteiger partial charge is 0.246 e. The van der Waals surface area contributed by atoms with Crippen LogP contribution in [0.5, 0.6) is 0 Å². The van der Waals surface area contributed by atoms with Crippen LogP contribution in [0.1, 0.15) is 27.2 Å². The Morgan fingerprint density at radius 3 is 3.00 bits per heavy atom. The van der Waals surface area contributed by atoms with Crippen LogP contribution in [-0.2, 0) is 14.3 Å². The van der Waals surface area contributed by atoms with E-state index in [1.165, 1.54) is 0 Å². The molecule has 3 unspecified atom stereocenters. The second-order valence-corrected chi connectivity index (χ2v) is 4.62. The molecule has 100 valence electrons. The summed E-state index contributed by atoms with van der Waals surface area (Å²) in [5.41, 5.74) is 0. The maximum atomic E-state index is 11.4. The third kappa shape index (κ3) is 6.00. The van der Waals surface area contributed by atoms with Crippen LogP contribution in [0, 0.1) is 0 Å². The van der Waals surface area contributed by atoms with Crippen molar-refractivity contribution in [2.45, 2.75) is 45.4 Å². The van der Waals surface area contributed by atoms with Crippen LogP contribution in [0.3, 0.4) is 0 Å². The lowest BCUT2D eigenvalue weighted by Gasteiger charge is -2.28. The number of nitrogens with one attached hydrogen (secondary N) is 2. The fourth-order valence-electron chi connectivity index (χ4n) is 1.67. The van der Waals surface area contributed by atoms with Gasteiger partial charge >= 0.3 is 0 Å². The molecule has 1 aliphatic heterocycles. The van der Waals surface area contributed by atoms with E-state index in [2.05, 4.69) is 10.6 Å². The summed E-state index contributed by atoms with van der Waals surface area (Å²) < 4.78 is 11.0. The monoisotopic (exact) mass is 244 g/mol. The molecule has 0 bridgehead atoms. The summed E-state index contributed by atoms with van der Waals surface area (Å²) in [6.45, 7) is 8.28. The van der Waals surface area contributed by atoms with Crippen LogP contribution in [-0.4, -0.2) is 50.5 Å². The molecule has 5 nitrogen and oxygen atoms in total. The molecule has 0 saturated carbocycles. The largest absolute Gasteiger partial charge is 0.370 e. The zero-order valence-electron chi connectivity index (χ0n) is 11.0. The van der Waals surface area contributed by atoms with E-state index < -0.39 is 0 Å². The lowest BCUT2D eigenvalue weighted by molar-refractivity contribution is -0.129. The molecular formula is C12H24N2O3. The van der Waals surface area contributed by atoms with Gasteiger partial charge in [-0.15, -0.1) is 0 Å². The Morgan fingerprint density at radius 2 is 2.35 bits per heavy atom. The third-order valence-electron chi connectivity index (χ3n) is 2.79. The number of amides is 1. The number of hydrogen-bond acceptors (Lipinski definition) is 4. The highest BCUT2D eigenvalue weighted by Crippen LogP contribution is 2.03. The minimum absolute atomic E-state index is 0.0511. The number of carbonyl (C=O) groups is 1. The molecule has 1 fully saturated rings. The standard InChI is InChI=1S/C12H24N2O3/c1-4-9(2)14-12(15)8-16-7-11-6-13-5-10(3)17-11/h9-11,13H,4-8H2,1-3H3,(H,14,15). The first-order valence-corrected chi connectivity index (χ1v) is 6.35. The van der Waals surface area contributed by atoms with Gasteiger partial charge in [-0.1, -0.05) is 6.92 Å². The fourth-order valence-corrected chi connectivity index (χ4v) is 1.67. The van der Waals surface area contributed by atoms with Gasteiger partial charge in [-0.3, -0.25) is 4.79 Å². The predicted octanol–water partition coefficient (Wildman–Crippen LogP) is 0.295. The first-order valence-electron chi connectivity index (χ1n) is 6.35. The predicted molar refractivity (Wildman–Crippen MR) is 65.9 cm³/mol. The van der Waals surface area contributed by atoms with Crippen LogP contribution < -0.4 is 10.6 Å². The average molecular weight is 244 g/mol. The molecular weight excluding hydrogens is 220 g/mol. The van der Waals surface area contributed by atoms with Gasteiger partial charge in [0.05, 0.1) is 18.8 Å². The number of carbonyl (C=O) groups excluding carboxylic acids is 1. The second kappa shape index (κ2) is 7.63. The van der Waals surface area contributed by atoms with Crippen molar-refractivity contribution in [2.75, 3.05) is 26.3 Å². The Balaban J connectivity index is 2.08. The molecule has 0 aromatic carbocycles. The molecule has 3 atom stereocenters. The zero-order valence-corrected chi connectivity index (χ0v) is 11.0. The van der Waals surface area contributed by atoms with Crippen molar-refractivity contribution in [1.82, 2.24) is 10.6 Å². The van der Waals surface area contributed by atoms with E-state index in [0.29, 0.717) is 6.61 Å². The van der Waals surface area contributed by atoms with E-state index >= 15 is 0 Å². The number of ether oxygens (including phenoxy) is 2. The van der Waals surface area contributed by atoms with Gasteiger partial charge in [0.25, 0.3) is 0 Å². The average Bonchev–Trinajstić information content (AvgIpc) is 2.29. The molecule has 0 aromatic rings. The second-order valence-electron chi connectivity index (χ2n) is 4.62. The Morgan fingerprint density at radius 1 is 1.59 bits per heavy atom. The topological polar surface area (TPSA) is 59.6 Å². The highest BCUT2D eigenvalue weighted by atomic mass is 16.5. The molecule has 1 amide bonds. The molecule has 1 rings (SSSR count). The Kier molecular flexibility index (Phi) is 6.47. The molecule has 0 radical (unpaired) electrons. The van der Waals surface area contributed by atoms with Crippen molar-refractivity contribution in [3.8, 4) is 0 Å². The summed E-state index contributed by atoms with van der Waals surface area (Å²) in [5, 5.41) is 6.11. The summed E-state index contributed by atoms with van der Waals surface area (Å²) in [7, 11) is 0. The fraction of sp³-hybridized carbons (Fsp3) is 0.917. The summed E-state index contributed by atoms with van der Waals surface area (Å²) in [5.74, 6) is -0.0591. The zero-order chi connectivity index (χ0) is 12.7. The summed E-state index contributed by atoms with van der Waals surface area (Å²) in [6, 6.07) is 0.207. The molecule has 0 aromatic heterocycles. The van der Waals surface area contributed by atoms with E-state index in [1.807, 2.05) is 20.8 Å². The van der Waals surface area contributed by atoms with Gasteiger partial charge in [0.1, 0.15) is 6.61 Å². The number of hydrogen-bond donors (Lipinski definition) is 2. The maximum Gasteiger partial charge on any atom is 0.246 e. The Hall–Kier alpha value is -0.650. The van der Waals surface area contributed by atoms with Gasteiger partial charge in [-0.25, -0.2) is 0 Å². The van der Waals surface area contributed by atoms with Crippen molar-refractivity contribution < 1.29 is 14.3 Å². The van der Waals surface area contributed by atoms with Crippen molar-refractivity contribution >= 4 is 5.91 Å². The van der Waals surface area contributed by atoms with Gasteiger partial charge in [-0.05, 0) is 20.3 Å². The van der Waals surface area contributed by atoms with Crippen molar-refractivity contribution in [1.29, 1.82) is 0 Å². The van der Waals surface area contributed by atoms with Crippen LogP contribution >= 0.6 is 0 Å². The SMILES string of the molecule is CCC(C)NC(=O)COCC1CNCC(C)O1. The van der Waals surface area contributed by atoms with Gasteiger partial charge in [0, 0.05) is 19.1 Å². The van der Waals surface area contributed by atoms with Crippen LogP contribution in [0.25, 0.3) is 0 Å². The van der Waals surface area contributed by atoms with Crippen LogP contribution in [0.15, 0.2) is 0 Å².